The van der Waals surface area contributed by atoms with Crippen LogP contribution in [-0.4, -0.2) is 24.7 Å². The summed E-state index contributed by atoms with van der Waals surface area (Å²) in [4.78, 5) is 10.2. The van der Waals surface area contributed by atoms with Gasteiger partial charge in [0.1, 0.15) is 12.3 Å². The molecular formula is C10H14N2O4. The number of para-hydroxylation sites is 1. The topological polar surface area (TPSA) is 87.6 Å². The van der Waals surface area contributed by atoms with Gasteiger partial charge in [-0.1, -0.05) is 6.07 Å². The highest BCUT2D eigenvalue weighted by Gasteiger charge is 2.18. The van der Waals surface area contributed by atoms with Gasteiger partial charge in [0.15, 0.2) is 5.75 Å². The van der Waals surface area contributed by atoms with Crippen LogP contribution >= 0.6 is 0 Å². The molecule has 1 aromatic rings. The fourth-order valence-corrected chi connectivity index (χ4v) is 1.21. The van der Waals surface area contributed by atoms with Crippen LogP contribution in [0, 0.1) is 10.1 Å². The van der Waals surface area contributed by atoms with E-state index in [1.807, 2.05) is 6.92 Å². The predicted molar refractivity (Wildman–Crippen MR) is 59.5 cm³/mol. The summed E-state index contributed by atoms with van der Waals surface area (Å²) in [5.41, 5.74) is 5.40. The van der Waals surface area contributed by atoms with Crippen LogP contribution in [0.2, 0.25) is 0 Å². The zero-order valence-electron chi connectivity index (χ0n) is 9.01. The van der Waals surface area contributed by atoms with E-state index >= 15 is 0 Å². The molecule has 0 aliphatic rings. The molecular weight excluding hydrogens is 212 g/mol. The van der Waals surface area contributed by atoms with E-state index in [0.717, 1.165) is 0 Å². The largest absolute Gasteiger partial charge is 0.484 e. The molecule has 0 bridgehead atoms. The van der Waals surface area contributed by atoms with Gasteiger partial charge in [-0.05, 0) is 19.1 Å². The fraction of sp³-hybridized carbons (Fsp3) is 0.400. The van der Waals surface area contributed by atoms with Crippen molar-refractivity contribution in [1.29, 1.82) is 0 Å². The van der Waals surface area contributed by atoms with Crippen LogP contribution in [0.15, 0.2) is 18.2 Å². The van der Waals surface area contributed by atoms with Crippen LogP contribution in [0.3, 0.4) is 0 Å². The van der Waals surface area contributed by atoms with Crippen molar-refractivity contribution >= 4 is 11.4 Å². The summed E-state index contributed by atoms with van der Waals surface area (Å²) in [7, 11) is 0. The molecule has 0 aliphatic carbocycles. The summed E-state index contributed by atoms with van der Waals surface area (Å²) in [6.07, 6.45) is 0. The first-order chi connectivity index (χ1) is 7.66. The Morgan fingerprint density at radius 3 is 2.81 bits per heavy atom. The highest BCUT2D eigenvalue weighted by molar-refractivity contribution is 5.65. The first-order valence-electron chi connectivity index (χ1n) is 4.90. The Hall–Kier alpha value is -1.82. The molecule has 0 heterocycles. The minimum atomic E-state index is -0.550. The maximum absolute atomic E-state index is 10.7. The molecule has 1 rings (SSSR count). The SMILES string of the molecule is CCOCCOc1cccc(N)c1[N+](=O)[O-]. The van der Waals surface area contributed by atoms with E-state index in [-0.39, 0.29) is 23.7 Å². The molecule has 0 atom stereocenters. The molecule has 0 spiro atoms. The van der Waals surface area contributed by atoms with Crippen molar-refractivity contribution in [2.45, 2.75) is 6.92 Å². The van der Waals surface area contributed by atoms with Crippen LogP contribution < -0.4 is 10.5 Å². The minimum absolute atomic E-state index is 0.0962. The summed E-state index contributed by atoms with van der Waals surface area (Å²) in [6.45, 7) is 3.10. The first-order valence-corrected chi connectivity index (χ1v) is 4.90. The van der Waals surface area contributed by atoms with Gasteiger partial charge in [-0.25, -0.2) is 0 Å². The van der Waals surface area contributed by atoms with Crippen molar-refractivity contribution in [1.82, 2.24) is 0 Å². The summed E-state index contributed by atoms with van der Waals surface area (Å²) in [6, 6.07) is 4.59. The van der Waals surface area contributed by atoms with Gasteiger partial charge < -0.3 is 15.2 Å². The van der Waals surface area contributed by atoms with Gasteiger partial charge in [-0.2, -0.15) is 0 Å². The number of ether oxygens (including phenoxy) is 2. The first kappa shape index (κ1) is 12.3. The summed E-state index contributed by atoms with van der Waals surface area (Å²) >= 11 is 0. The molecule has 0 amide bonds. The number of hydrogen-bond donors (Lipinski definition) is 1. The zero-order chi connectivity index (χ0) is 12.0. The van der Waals surface area contributed by atoms with Gasteiger partial charge in [0.25, 0.3) is 0 Å². The number of nitro benzene ring substituents is 1. The monoisotopic (exact) mass is 226 g/mol. The standard InChI is InChI=1S/C10H14N2O4/c1-2-15-6-7-16-9-5-3-4-8(11)10(9)12(13)14/h3-5H,2,6-7,11H2,1H3. The molecule has 0 saturated heterocycles. The smallest absolute Gasteiger partial charge is 0.333 e. The van der Waals surface area contributed by atoms with Crippen LogP contribution in [0.1, 0.15) is 6.92 Å². The molecule has 2 N–H and O–H groups in total. The molecule has 88 valence electrons. The Labute approximate surface area is 93.1 Å². The lowest BCUT2D eigenvalue weighted by molar-refractivity contribution is -0.384. The zero-order valence-corrected chi connectivity index (χ0v) is 9.01. The molecule has 0 aromatic heterocycles. The maximum atomic E-state index is 10.7. The summed E-state index contributed by atoms with van der Waals surface area (Å²) in [5, 5.41) is 10.7. The van der Waals surface area contributed by atoms with Crippen molar-refractivity contribution in [2.24, 2.45) is 0 Å². The fourth-order valence-electron chi connectivity index (χ4n) is 1.21. The second-order valence-electron chi connectivity index (χ2n) is 3.00. The number of nitrogens with zero attached hydrogens (tertiary/aromatic N) is 1. The Kier molecular flexibility index (Phi) is 4.53. The molecule has 6 heteroatoms. The van der Waals surface area contributed by atoms with Crippen LogP contribution in [0.4, 0.5) is 11.4 Å². The number of rotatable bonds is 6. The van der Waals surface area contributed by atoms with Crippen LogP contribution in [0.25, 0.3) is 0 Å². The van der Waals surface area contributed by atoms with Crippen molar-refractivity contribution in [3.63, 3.8) is 0 Å². The van der Waals surface area contributed by atoms with Crippen molar-refractivity contribution in [3.05, 3.63) is 28.3 Å². The van der Waals surface area contributed by atoms with Crippen molar-refractivity contribution in [3.8, 4) is 5.75 Å². The van der Waals surface area contributed by atoms with E-state index in [0.29, 0.717) is 13.2 Å². The third-order valence-corrected chi connectivity index (χ3v) is 1.90. The molecule has 6 nitrogen and oxygen atoms in total. The molecule has 0 saturated carbocycles. The second kappa shape index (κ2) is 5.92. The van der Waals surface area contributed by atoms with E-state index in [2.05, 4.69) is 0 Å². The molecule has 16 heavy (non-hydrogen) atoms. The molecule has 0 unspecified atom stereocenters. The van der Waals surface area contributed by atoms with Gasteiger partial charge in [0.05, 0.1) is 11.5 Å². The Balaban J connectivity index is 2.71. The van der Waals surface area contributed by atoms with Gasteiger partial charge in [-0.15, -0.1) is 0 Å². The average molecular weight is 226 g/mol. The molecule has 0 fully saturated rings. The lowest BCUT2D eigenvalue weighted by atomic mass is 10.2. The number of anilines is 1. The van der Waals surface area contributed by atoms with E-state index in [9.17, 15) is 10.1 Å². The molecule has 0 aliphatic heterocycles. The van der Waals surface area contributed by atoms with Crippen molar-refractivity contribution in [2.75, 3.05) is 25.6 Å². The average Bonchev–Trinajstić information content (AvgIpc) is 2.24. The lowest BCUT2D eigenvalue weighted by Gasteiger charge is -2.07. The van der Waals surface area contributed by atoms with Crippen molar-refractivity contribution < 1.29 is 14.4 Å². The minimum Gasteiger partial charge on any atom is -0.484 e. The highest BCUT2D eigenvalue weighted by atomic mass is 16.6. The highest BCUT2D eigenvalue weighted by Crippen LogP contribution is 2.32. The number of nitro groups is 1. The molecule has 0 radical (unpaired) electrons. The quantitative estimate of drug-likeness (QED) is 0.344. The third-order valence-electron chi connectivity index (χ3n) is 1.90. The van der Waals surface area contributed by atoms with Gasteiger partial charge in [0.2, 0.25) is 0 Å². The summed E-state index contributed by atoms with van der Waals surface area (Å²) in [5.74, 6) is 0.171. The Bertz CT molecular complexity index is 368. The van der Waals surface area contributed by atoms with E-state index < -0.39 is 4.92 Å². The number of benzene rings is 1. The predicted octanol–water partition coefficient (Wildman–Crippen LogP) is 1.59. The Morgan fingerprint density at radius 2 is 2.19 bits per heavy atom. The van der Waals surface area contributed by atoms with E-state index in [1.165, 1.54) is 12.1 Å². The van der Waals surface area contributed by atoms with Crippen LogP contribution in [0.5, 0.6) is 5.75 Å². The second-order valence-corrected chi connectivity index (χ2v) is 3.00. The third kappa shape index (κ3) is 3.09. The number of hydrogen-bond acceptors (Lipinski definition) is 5. The Morgan fingerprint density at radius 1 is 1.44 bits per heavy atom. The maximum Gasteiger partial charge on any atom is 0.333 e. The lowest BCUT2D eigenvalue weighted by Crippen LogP contribution is -2.08. The van der Waals surface area contributed by atoms with Crippen LogP contribution in [-0.2, 0) is 4.74 Å². The molecule has 1 aromatic carbocycles. The van der Waals surface area contributed by atoms with Gasteiger partial charge in [0, 0.05) is 6.61 Å². The van der Waals surface area contributed by atoms with Gasteiger partial charge in [-0.3, -0.25) is 10.1 Å². The summed E-state index contributed by atoms with van der Waals surface area (Å²) < 4.78 is 10.3. The van der Waals surface area contributed by atoms with E-state index in [4.69, 9.17) is 15.2 Å². The normalized spacial score (nSPS) is 10.1. The van der Waals surface area contributed by atoms with Gasteiger partial charge >= 0.3 is 5.69 Å². The van der Waals surface area contributed by atoms with E-state index in [1.54, 1.807) is 6.07 Å². The number of nitrogen functional groups attached to an aromatic ring is 1. The number of nitrogens with two attached hydrogens (primary N) is 1.